The van der Waals surface area contributed by atoms with E-state index in [-0.39, 0.29) is 6.04 Å². The first kappa shape index (κ1) is 8.89. The average Bonchev–Trinajstić information content (AvgIpc) is 2.47. The molecular weight excluding hydrogens is 150 g/mol. The van der Waals surface area contributed by atoms with E-state index >= 15 is 0 Å². The summed E-state index contributed by atoms with van der Waals surface area (Å²) in [4.78, 5) is 0. The van der Waals surface area contributed by atoms with Gasteiger partial charge in [0.1, 0.15) is 11.8 Å². The van der Waals surface area contributed by atoms with Crippen LogP contribution < -0.4 is 5.32 Å². The van der Waals surface area contributed by atoms with Crippen LogP contribution in [0.3, 0.4) is 0 Å². The molecular formula is C10H13NO. The lowest BCUT2D eigenvalue weighted by atomic mass is 10.1. The van der Waals surface area contributed by atoms with Crippen molar-refractivity contribution in [2.75, 3.05) is 6.54 Å². The SMILES string of the molecule is C#CC(NCC)c1occc1C. The van der Waals surface area contributed by atoms with Gasteiger partial charge in [-0.25, -0.2) is 0 Å². The zero-order valence-corrected chi connectivity index (χ0v) is 7.42. The van der Waals surface area contributed by atoms with Crippen molar-refractivity contribution in [2.24, 2.45) is 0 Å². The van der Waals surface area contributed by atoms with Crippen molar-refractivity contribution in [3.63, 3.8) is 0 Å². The Bertz CT molecular complexity index is 282. The summed E-state index contributed by atoms with van der Waals surface area (Å²) in [6, 6.07) is 1.82. The summed E-state index contributed by atoms with van der Waals surface area (Å²) in [6.07, 6.45) is 7.01. The maximum absolute atomic E-state index is 5.35. The van der Waals surface area contributed by atoms with Crippen molar-refractivity contribution in [3.05, 3.63) is 23.7 Å². The molecule has 2 heteroatoms. The van der Waals surface area contributed by atoms with Gasteiger partial charge in [0.25, 0.3) is 0 Å². The number of furan rings is 1. The first-order valence-electron chi connectivity index (χ1n) is 4.03. The van der Waals surface area contributed by atoms with Crippen molar-refractivity contribution < 1.29 is 4.42 Å². The fraction of sp³-hybridized carbons (Fsp3) is 0.400. The summed E-state index contributed by atoms with van der Waals surface area (Å²) >= 11 is 0. The lowest BCUT2D eigenvalue weighted by molar-refractivity contribution is 0.462. The second kappa shape index (κ2) is 3.99. The molecule has 0 saturated carbocycles. The predicted molar refractivity (Wildman–Crippen MR) is 48.7 cm³/mol. The van der Waals surface area contributed by atoms with Crippen LogP contribution in [0.15, 0.2) is 16.7 Å². The highest BCUT2D eigenvalue weighted by atomic mass is 16.3. The Morgan fingerprint density at radius 3 is 2.92 bits per heavy atom. The van der Waals surface area contributed by atoms with Gasteiger partial charge in [0, 0.05) is 0 Å². The second-order valence-electron chi connectivity index (χ2n) is 2.63. The highest BCUT2D eigenvalue weighted by Gasteiger charge is 2.11. The number of nitrogens with one attached hydrogen (secondary N) is 1. The van der Waals surface area contributed by atoms with E-state index in [9.17, 15) is 0 Å². The molecule has 0 bridgehead atoms. The maximum Gasteiger partial charge on any atom is 0.135 e. The van der Waals surface area contributed by atoms with E-state index in [4.69, 9.17) is 10.8 Å². The van der Waals surface area contributed by atoms with E-state index in [1.54, 1.807) is 6.26 Å². The monoisotopic (exact) mass is 163 g/mol. The Morgan fingerprint density at radius 1 is 1.75 bits per heavy atom. The van der Waals surface area contributed by atoms with Gasteiger partial charge in [0.05, 0.1) is 6.26 Å². The summed E-state index contributed by atoms with van der Waals surface area (Å²) in [6.45, 7) is 4.85. The topological polar surface area (TPSA) is 25.2 Å². The zero-order valence-electron chi connectivity index (χ0n) is 7.42. The minimum absolute atomic E-state index is 0.0926. The van der Waals surface area contributed by atoms with E-state index in [1.165, 1.54) is 0 Å². The van der Waals surface area contributed by atoms with Crippen LogP contribution in [0.2, 0.25) is 0 Å². The van der Waals surface area contributed by atoms with Crippen LogP contribution in [0.5, 0.6) is 0 Å². The summed E-state index contributed by atoms with van der Waals surface area (Å²) in [7, 11) is 0. The van der Waals surface area contributed by atoms with Crippen molar-refractivity contribution >= 4 is 0 Å². The summed E-state index contributed by atoms with van der Waals surface area (Å²) in [5.74, 6) is 3.49. The first-order chi connectivity index (χ1) is 5.79. The van der Waals surface area contributed by atoms with Crippen LogP contribution >= 0.6 is 0 Å². The van der Waals surface area contributed by atoms with Gasteiger partial charge in [0.2, 0.25) is 0 Å². The quantitative estimate of drug-likeness (QED) is 0.688. The van der Waals surface area contributed by atoms with E-state index in [2.05, 4.69) is 11.2 Å². The third-order valence-electron chi connectivity index (χ3n) is 1.74. The molecule has 12 heavy (non-hydrogen) atoms. The Kier molecular flexibility index (Phi) is 2.95. The van der Waals surface area contributed by atoms with Crippen molar-refractivity contribution in [1.29, 1.82) is 0 Å². The molecule has 0 aliphatic heterocycles. The fourth-order valence-corrected chi connectivity index (χ4v) is 1.11. The smallest absolute Gasteiger partial charge is 0.135 e. The fourth-order valence-electron chi connectivity index (χ4n) is 1.11. The van der Waals surface area contributed by atoms with Gasteiger partial charge < -0.3 is 4.42 Å². The van der Waals surface area contributed by atoms with E-state index in [0.29, 0.717) is 0 Å². The number of hydrogen-bond acceptors (Lipinski definition) is 2. The normalized spacial score (nSPS) is 12.4. The van der Waals surface area contributed by atoms with Gasteiger partial charge >= 0.3 is 0 Å². The molecule has 0 fully saturated rings. The third kappa shape index (κ3) is 1.69. The van der Waals surface area contributed by atoms with Crippen molar-refractivity contribution in [3.8, 4) is 12.3 Å². The van der Waals surface area contributed by atoms with Gasteiger partial charge in [-0.15, -0.1) is 6.42 Å². The molecule has 1 unspecified atom stereocenters. The maximum atomic E-state index is 5.35. The van der Waals surface area contributed by atoms with Gasteiger partial charge in [-0.05, 0) is 25.1 Å². The molecule has 0 aromatic carbocycles. The summed E-state index contributed by atoms with van der Waals surface area (Å²) in [5, 5.41) is 3.15. The molecule has 0 saturated heterocycles. The minimum Gasteiger partial charge on any atom is -0.466 e. The Hall–Kier alpha value is -1.20. The van der Waals surface area contributed by atoms with E-state index < -0.39 is 0 Å². The number of aryl methyl sites for hydroxylation is 1. The molecule has 1 rings (SSSR count). The third-order valence-corrected chi connectivity index (χ3v) is 1.74. The molecule has 0 amide bonds. The molecule has 2 nitrogen and oxygen atoms in total. The standard InChI is InChI=1S/C10H13NO/c1-4-9(11-5-2)10-8(3)6-7-12-10/h1,6-7,9,11H,5H2,2-3H3. The van der Waals surface area contributed by atoms with Crippen LogP contribution in [-0.4, -0.2) is 6.54 Å². The Balaban J connectivity index is 2.81. The molecule has 0 aliphatic rings. The van der Waals surface area contributed by atoms with Gasteiger partial charge in [-0.3, -0.25) is 5.32 Å². The molecule has 0 aliphatic carbocycles. The minimum atomic E-state index is -0.0926. The van der Waals surface area contributed by atoms with E-state index in [1.807, 2.05) is 19.9 Å². The second-order valence-corrected chi connectivity index (χ2v) is 2.63. The molecule has 1 heterocycles. The first-order valence-corrected chi connectivity index (χ1v) is 4.03. The number of hydrogen-bond donors (Lipinski definition) is 1. The molecule has 1 aromatic rings. The highest BCUT2D eigenvalue weighted by molar-refractivity contribution is 5.24. The lowest BCUT2D eigenvalue weighted by Crippen LogP contribution is -2.19. The van der Waals surface area contributed by atoms with Gasteiger partial charge in [-0.2, -0.15) is 0 Å². The van der Waals surface area contributed by atoms with Crippen LogP contribution in [0.4, 0.5) is 0 Å². The Morgan fingerprint density at radius 2 is 2.50 bits per heavy atom. The molecule has 0 radical (unpaired) electrons. The Labute approximate surface area is 73.0 Å². The van der Waals surface area contributed by atoms with Crippen LogP contribution in [0.1, 0.15) is 24.3 Å². The van der Waals surface area contributed by atoms with Crippen LogP contribution in [0.25, 0.3) is 0 Å². The average molecular weight is 163 g/mol. The molecule has 1 aromatic heterocycles. The van der Waals surface area contributed by atoms with Crippen molar-refractivity contribution in [2.45, 2.75) is 19.9 Å². The van der Waals surface area contributed by atoms with Crippen LogP contribution in [0, 0.1) is 19.3 Å². The van der Waals surface area contributed by atoms with Gasteiger partial charge in [-0.1, -0.05) is 12.8 Å². The number of terminal acetylenes is 1. The molecule has 0 spiro atoms. The molecule has 1 atom stereocenters. The molecule has 64 valence electrons. The largest absolute Gasteiger partial charge is 0.466 e. The number of rotatable bonds is 3. The molecule has 1 N–H and O–H groups in total. The van der Waals surface area contributed by atoms with Crippen molar-refractivity contribution in [1.82, 2.24) is 5.32 Å². The van der Waals surface area contributed by atoms with Crippen LogP contribution in [-0.2, 0) is 0 Å². The summed E-state index contributed by atoms with van der Waals surface area (Å²) < 4.78 is 5.26. The van der Waals surface area contributed by atoms with Gasteiger partial charge in [0.15, 0.2) is 0 Å². The highest BCUT2D eigenvalue weighted by Crippen LogP contribution is 2.17. The lowest BCUT2D eigenvalue weighted by Gasteiger charge is -2.08. The van der Waals surface area contributed by atoms with E-state index in [0.717, 1.165) is 17.9 Å². The summed E-state index contributed by atoms with van der Waals surface area (Å²) in [5.41, 5.74) is 1.10. The predicted octanol–water partition coefficient (Wildman–Crippen LogP) is 1.87. The zero-order chi connectivity index (χ0) is 8.97.